The fourth-order valence-electron chi connectivity index (χ4n) is 4.45. The molecule has 1 amide bonds. The predicted octanol–water partition coefficient (Wildman–Crippen LogP) is 6.25. The molecule has 0 fully saturated rings. The SMILES string of the molecule is COc1cc(-c2cn(C(C)C)cc(C(=O)Nc3ccc(Oc4ccnc5cc(OC)c(OC)cc45)cn3)c2=O)ccc1F. The molecular formula is C32H29FN4O6. The first kappa shape index (κ1) is 29.1. The van der Waals surface area contributed by atoms with E-state index in [1.165, 1.54) is 37.7 Å². The lowest BCUT2D eigenvalue weighted by Crippen LogP contribution is -2.25. The lowest BCUT2D eigenvalue weighted by molar-refractivity contribution is 0.102. The van der Waals surface area contributed by atoms with Gasteiger partial charge < -0.3 is 28.8 Å². The summed E-state index contributed by atoms with van der Waals surface area (Å²) >= 11 is 0. The minimum Gasteiger partial charge on any atom is -0.494 e. The molecular weight excluding hydrogens is 555 g/mol. The van der Waals surface area contributed by atoms with Crippen molar-refractivity contribution in [1.29, 1.82) is 0 Å². The van der Waals surface area contributed by atoms with Crippen LogP contribution in [0, 0.1) is 5.82 Å². The zero-order valence-electron chi connectivity index (χ0n) is 24.2. The van der Waals surface area contributed by atoms with Crippen LogP contribution in [-0.2, 0) is 0 Å². The summed E-state index contributed by atoms with van der Waals surface area (Å²) in [6.45, 7) is 3.83. The van der Waals surface area contributed by atoms with Crippen molar-refractivity contribution >= 4 is 22.6 Å². The summed E-state index contributed by atoms with van der Waals surface area (Å²) in [6.07, 6.45) is 6.19. The normalized spacial score (nSPS) is 11.0. The number of hydrogen-bond acceptors (Lipinski definition) is 8. The van der Waals surface area contributed by atoms with E-state index in [-0.39, 0.29) is 28.7 Å². The Kier molecular flexibility index (Phi) is 8.24. The summed E-state index contributed by atoms with van der Waals surface area (Å²) in [7, 11) is 4.44. The maximum Gasteiger partial charge on any atom is 0.262 e. The number of pyridine rings is 3. The predicted molar refractivity (Wildman–Crippen MR) is 160 cm³/mol. The molecule has 0 aliphatic heterocycles. The molecule has 3 aromatic heterocycles. The molecule has 10 nitrogen and oxygen atoms in total. The van der Waals surface area contributed by atoms with Gasteiger partial charge >= 0.3 is 0 Å². The monoisotopic (exact) mass is 584 g/mol. The minimum absolute atomic E-state index is 0.00649. The Morgan fingerprint density at radius 2 is 1.63 bits per heavy atom. The number of halogens is 1. The van der Waals surface area contributed by atoms with E-state index in [2.05, 4.69) is 15.3 Å². The van der Waals surface area contributed by atoms with Gasteiger partial charge in [0.15, 0.2) is 23.1 Å². The highest BCUT2D eigenvalue weighted by atomic mass is 19.1. The molecule has 2 aromatic carbocycles. The van der Waals surface area contributed by atoms with Gasteiger partial charge in [0.1, 0.15) is 22.9 Å². The summed E-state index contributed by atoms with van der Waals surface area (Å²) in [6, 6.07) is 12.5. The van der Waals surface area contributed by atoms with E-state index < -0.39 is 17.2 Å². The fraction of sp³-hybridized carbons (Fsp3) is 0.188. The van der Waals surface area contributed by atoms with Gasteiger partial charge in [0.2, 0.25) is 5.43 Å². The van der Waals surface area contributed by atoms with Crippen LogP contribution in [0.2, 0.25) is 0 Å². The number of methoxy groups -OCH3 is 3. The van der Waals surface area contributed by atoms with Crippen molar-refractivity contribution in [1.82, 2.24) is 14.5 Å². The standard InChI is InChI=1S/C32H29FN4O6/c1-18(2)37-16-22(19-6-8-24(33)27(12-19)40-3)31(38)23(17-37)32(39)36-30-9-7-20(15-35-30)43-26-10-11-34-25-14-29(42-5)28(41-4)13-21(25)26/h6-18H,1-5H3,(H,35,36,39). The highest BCUT2D eigenvalue weighted by Gasteiger charge is 2.19. The van der Waals surface area contributed by atoms with Gasteiger partial charge in [-0.3, -0.25) is 14.6 Å². The zero-order valence-corrected chi connectivity index (χ0v) is 24.2. The Hall–Kier alpha value is -5.45. The molecule has 0 aliphatic rings. The highest BCUT2D eigenvalue weighted by Crippen LogP contribution is 2.37. The fourth-order valence-corrected chi connectivity index (χ4v) is 4.45. The van der Waals surface area contributed by atoms with E-state index in [1.54, 1.807) is 61.5 Å². The number of fused-ring (bicyclic) bond motifs is 1. The summed E-state index contributed by atoms with van der Waals surface area (Å²) in [5.41, 5.74) is 0.700. The smallest absolute Gasteiger partial charge is 0.262 e. The van der Waals surface area contributed by atoms with Crippen LogP contribution in [0.4, 0.5) is 10.2 Å². The van der Waals surface area contributed by atoms with Crippen molar-refractivity contribution in [3.63, 3.8) is 0 Å². The maximum atomic E-state index is 14.0. The van der Waals surface area contributed by atoms with Gasteiger partial charge in [-0.2, -0.15) is 0 Å². The number of aromatic nitrogens is 3. The van der Waals surface area contributed by atoms with Crippen LogP contribution in [0.1, 0.15) is 30.2 Å². The van der Waals surface area contributed by atoms with Crippen molar-refractivity contribution in [2.45, 2.75) is 19.9 Å². The molecule has 1 N–H and O–H groups in total. The van der Waals surface area contributed by atoms with Gasteiger partial charge in [0, 0.05) is 41.6 Å². The Balaban J connectivity index is 1.40. The first-order chi connectivity index (χ1) is 20.7. The van der Waals surface area contributed by atoms with Gasteiger partial charge in [-0.1, -0.05) is 6.07 Å². The molecule has 0 unspecified atom stereocenters. The van der Waals surface area contributed by atoms with Crippen LogP contribution in [-0.4, -0.2) is 41.8 Å². The largest absolute Gasteiger partial charge is 0.494 e. The van der Waals surface area contributed by atoms with Gasteiger partial charge in [0.05, 0.1) is 33.0 Å². The number of hydrogen-bond donors (Lipinski definition) is 1. The average Bonchev–Trinajstić information content (AvgIpc) is 3.01. The van der Waals surface area contributed by atoms with Crippen LogP contribution in [0.3, 0.4) is 0 Å². The van der Waals surface area contributed by atoms with Gasteiger partial charge in [0.25, 0.3) is 5.91 Å². The lowest BCUT2D eigenvalue weighted by atomic mass is 10.0. The number of ether oxygens (including phenoxy) is 4. The molecule has 3 heterocycles. The van der Waals surface area contributed by atoms with E-state index in [0.717, 1.165) is 0 Å². The van der Waals surface area contributed by atoms with Gasteiger partial charge in [-0.15, -0.1) is 0 Å². The molecule has 0 aliphatic carbocycles. The van der Waals surface area contributed by atoms with Crippen molar-refractivity contribution in [2.75, 3.05) is 26.6 Å². The van der Waals surface area contributed by atoms with Crippen molar-refractivity contribution in [3.8, 4) is 39.9 Å². The number of anilines is 1. The van der Waals surface area contributed by atoms with Crippen LogP contribution in [0.5, 0.6) is 28.7 Å². The van der Waals surface area contributed by atoms with E-state index in [1.807, 2.05) is 13.8 Å². The minimum atomic E-state index is -0.641. The topological polar surface area (TPSA) is 114 Å². The highest BCUT2D eigenvalue weighted by molar-refractivity contribution is 6.04. The quantitative estimate of drug-likeness (QED) is 0.216. The molecule has 0 saturated carbocycles. The van der Waals surface area contributed by atoms with Gasteiger partial charge in [-0.25, -0.2) is 9.37 Å². The molecule has 0 saturated heterocycles. The second-order valence-electron chi connectivity index (χ2n) is 9.77. The molecule has 5 aromatic rings. The maximum absolute atomic E-state index is 14.0. The number of carbonyl (C=O) groups is 1. The van der Waals surface area contributed by atoms with E-state index in [4.69, 9.17) is 18.9 Å². The van der Waals surface area contributed by atoms with Crippen molar-refractivity contribution in [2.24, 2.45) is 0 Å². The molecule has 11 heteroatoms. The lowest BCUT2D eigenvalue weighted by Gasteiger charge is -2.16. The summed E-state index contributed by atoms with van der Waals surface area (Å²) < 4.78 is 37.7. The molecule has 5 rings (SSSR count). The number of nitrogens with zero attached hydrogens (tertiary/aromatic N) is 3. The second kappa shape index (κ2) is 12.2. The van der Waals surface area contributed by atoms with Crippen molar-refractivity contribution < 1.29 is 28.1 Å². The van der Waals surface area contributed by atoms with E-state index in [9.17, 15) is 14.0 Å². The number of benzene rings is 2. The summed E-state index contributed by atoms with van der Waals surface area (Å²) in [5, 5.41) is 3.39. The van der Waals surface area contributed by atoms with Crippen LogP contribution in [0.15, 0.2) is 78.1 Å². The summed E-state index contributed by atoms with van der Waals surface area (Å²) in [5.74, 6) is 1.02. The second-order valence-corrected chi connectivity index (χ2v) is 9.77. The van der Waals surface area contributed by atoms with Gasteiger partial charge in [-0.05, 0) is 55.8 Å². The first-order valence-electron chi connectivity index (χ1n) is 13.3. The Morgan fingerprint density at radius 3 is 2.30 bits per heavy atom. The number of nitrogens with one attached hydrogen (secondary N) is 1. The Morgan fingerprint density at radius 1 is 0.884 bits per heavy atom. The van der Waals surface area contributed by atoms with Crippen molar-refractivity contribution in [3.05, 3.63) is 94.9 Å². The molecule has 0 spiro atoms. The van der Waals surface area contributed by atoms with Crippen LogP contribution in [0.25, 0.3) is 22.0 Å². The number of amides is 1. The first-order valence-corrected chi connectivity index (χ1v) is 13.3. The third kappa shape index (κ3) is 5.96. The van der Waals surface area contributed by atoms with Crippen LogP contribution >= 0.6 is 0 Å². The molecule has 220 valence electrons. The van der Waals surface area contributed by atoms with E-state index in [0.29, 0.717) is 39.5 Å². The third-order valence-electron chi connectivity index (χ3n) is 6.76. The average molecular weight is 585 g/mol. The third-order valence-corrected chi connectivity index (χ3v) is 6.76. The Bertz CT molecular complexity index is 1870. The summed E-state index contributed by atoms with van der Waals surface area (Å²) in [4.78, 5) is 35.4. The Labute approximate surface area is 246 Å². The van der Waals surface area contributed by atoms with E-state index >= 15 is 0 Å². The number of rotatable bonds is 9. The molecule has 43 heavy (non-hydrogen) atoms. The molecule has 0 bridgehead atoms. The zero-order chi connectivity index (χ0) is 30.7. The molecule has 0 atom stereocenters. The molecule has 0 radical (unpaired) electrons. The van der Waals surface area contributed by atoms with Crippen LogP contribution < -0.4 is 29.7 Å². The number of carbonyl (C=O) groups excluding carboxylic acids is 1.